The molecule has 0 aliphatic rings. The molecule has 0 aliphatic carbocycles. The van der Waals surface area contributed by atoms with Gasteiger partial charge in [0.1, 0.15) is 13.2 Å². The monoisotopic (exact) mass is 498 g/mol. The molecule has 0 aromatic carbocycles. The zero-order chi connectivity index (χ0) is 23.5. The molecule has 0 rings (SSSR count). The van der Waals surface area contributed by atoms with Crippen molar-refractivity contribution in [3.05, 3.63) is 0 Å². The summed E-state index contributed by atoms with van der Waals surface area (Å²) in [4.78, 5) is 23.3. The number of ether oxygens (including phenoxy) is 6. The van der Waals surface area contributed by atoms with Gasteiger partial charge in [0.25, 0.3) is 0 Å². The smallest absolute Gasteiger partial charge is 0.306 e. The number of carbonyl (C=O) groups excluding carboxylic acids is 2. The van der Waals surface area contributed by atoms with Crippen LogP contribution in [0, 0.1) is 0 Å². The Kier molecular flexibility index (Phi) is 26.3. The van der Waals surface area contributed by atoms with Crippen LogP contribution in [0.5, 0.6) is 0 Å². The molecule has 10 heteroatoms. The summed E-state index contributed by atoms with van der Waals surface area (Å²) in [6.45, 7) is 9.19. The molecule has 0 aliphatic heterocycles. The first-order valence-electron chi connectivity index (χ1n) is 11.6. The minimum absolute atomic E-state index is 0.240. The molecule has 0 saturated heterocycles. The molecular weight excluding hydrogens is 456 g/mol. The largest absolute Gasteiger partial charge is 0.463 e. The third kappa shape index (κ3) is 25.7. The number of esters is 2. The number of carbonyl (C=O) groups is 2. The lowest BCUT2D eigenvalue weighted by molar-refractivity contribution is -0.145. The third-order valence-corrected chi connectivity index (χ3v) is 6.28. The summed E-state index contributed by atoms with van der Waals surface area (Å²) in [6, 6.07) is 0. The third-order valence-electron chi connectivity index (χ3n) is 3.87. The Morgan fingerprint density at radius 2 is 0.875 bits per heavy atom. The van der Waals surface area contributed by atoms with Gasteiger partial charge in [-0.3, -0.25) is 9.59 Å². The van der Waals surface area contributed by atoms with Gasteiger partial charge in [0.05, 0.1) is 52.5 Å². The summed E-state index contributed by atoms with van der Waals surface area (Å²) in [7, 11) is 3.09. The van der Waals surface area contributed by atoms with Crippen molar-refractivity contribution < 1.29 is 38.0 Å². The van der Waals surface area contributed by atoms with E-state index in [4.69, 9.17) is 28.4 Å². The van der Waals surface area contributed by atoms with E-state index in [1.165, 1.54) is 0 Å². The molecule has 0 fully saturated rings. The normalized spacial score (nSPS) is 10.9. The zero-order valence-electron chi connectivity index (χ0n) is 19.8. The number of unbranched alkanes of at least 4 members (excludes halogenated alkanes) is 2. The average molecular weight is 499 g/mol. The molecule has 32 heavy (non-hydrogen) atoms. The Labute approximate surface area is 201 Å². The molecule has 0 amide bonds. The predicted octanol–water partition coefficient (Wildman–Crippen LogP) is 3.90. The lowest BCUT2D eigenvalue weighted by atomic mass is 10.4. The summed E-state index contributed by atoms with van der Waals surface area (Å²) < 4.78 is 31.6. The van der Waals surface area contributed by atoms with Crippen molar-refractivity contribution in [2.75, 3.05) is 77.6 Å². The second kappa shape index (κ2) is 26.7. The quantitative estimate of drug-likeness (QED) is 0.105. The molecule has 8 nitrogen and oxygen atoms in total. The van der Waals surface area contributed by atoms with Gasteiger partial charge in [-0.25, -0.2) is 0 Å². The van der Waals surface area contributed by atoms with Gasteiger partial charge in [0.15, 0.2) is 0 Å². The van der Waals surface area contributed by atoms with E-state index in [9.17, 15) is 9.59 Å². The van der Waals surface area contributed by atoms with Crippen LogP contribution in [0.3, 0.4) is 0 Å². The van der Waals surface area contributed by atoms with Gasteiger partial charge in [-0.15, -0.1) is 0 Å². The van der Waals surface area contributed by atoms with Crippen molar-refractivity contribution in [1.82, 2.24) is 0 Å². The molecule has 0 saturated carbocycles. The van der Waals surface area contributed by atoms with Gasteiger partial charge in [-0.05, 0) is 12.8 Å². The van der Waals surface area contributed by atoms with Crippen LogP contribution in [-0.4, -0.2) is 89.5 Å². The van der Waals surface area contributed by atoms with Crippen LogP contribution in [0.1, 0.15) is 52.4 Å². The zero-order valence-corrected chi connectivity index (χ0v) is 21.4. The molecular formula is C22H42O8S2. The fraction of sp³-hybridized carbons (Fsp3) is 0.909. The van der Waals surface area contributed by atoms with Crippen LogP contribution >= 0.6 is 21.6 Å². The topological polar surface area (TPSA) is 89.5 Å². The fourth-order valence-electron chi connectivity index (χ4n) is 2.08. The first-order chi connectivity index (χ1) is 15.7. The van der Waals surface area contributed by atoms with E-state index < -0.39 is 0 Å². The van der Waals surface area contributed by atoms with Crippen LogP contribution in [-0.2, 0) is 38.0 Å². The van der Waals surface area contributed by atoms with Gasteiger partial charge in [0.2, 0.25) is 0 Å². The molecule has 0 spiro atoms. The lowest BCUT2D eigenvalue weighted by Crippen LogP contribution is -2.13. The first kappa shape index (κ1) is 31.5. The molecule has 0 aromatic rings. The second-order valence-corrected chi connectivity index (χ2v) is 9.44. The van der Waals surface area contributed by atoms with E-state index in [1.807, 2.05) is 0 Å². The summed E-state index contributed by atoms with van der Waals surface area (Å²) >= 11 is 0. The van der Waals surface area contributed by atoms with E-state index in [0.717, 1.165) is 38.9 Å². The van der Waals surface area contributed by atoms with E-state index >= 15 is 0 Å². The highest BCUT2D eigenvalue weighted by atomic mass is 33.1. The average Bonchev–Trinajstić information content (AvgIpc) is 2.79. The minimum atomic E-state index is -0.240. The first-order valence-corrected chi connectivity index (χ1v) is 14.1. The van der Waals surface area contributed by atoms with Gasteiger partial charge >= 0.3 is 11.9 Å². The summed E-state index contributed by atoms with van der Waals surface area (Å²) in [6.07, 6.45) is 5.02. The van der Waals surface area contributed by atoms with Crippen LogP contribution in [0.2, 0.25) is 0 Å². The highest BCUT2D eigenvalue weighted by molar-refractivity contribution is 8.76. The fourth-order valence-corrected chi connectivity index (χ4v) is 4.02. The molecule has 0 radical (unpaired) electrons. The number of rotatable bonds is 25. The van der Waals surface area contributed by atoms with Crippen LogP contribution in [0.4, 0.5) is 0 Å². The summed E-state index contributed by atoms with van der Waals surface area (Å²) in [5.41, 5.74) is 0. The van der Waals surface area contributed by atoms with Crippen LogP contribution in [0.15, 0.2) is 0 Å². The molecule has 0 N–H and O–H groups in total. The predicted molar refractivity (Wildman–Crippen MR) is 129 cm³/mol. The Hall–Kier alpha value is -0.520. The Morgan fingerprint density at radius 1 is 0.531 bits per heavy atom. The Balaban J connectivity index is 3.27. The van der Waals surface area contributed by atoms with E-state index in [0.29, 0.717) is 64.0 Å². The van der Waals surface area contributed by atoms with Crippen molar-refractivity contribution in [3.63, 3.8) is 0 Å². The highest BCUT2D eigenvalue weighted by Gasteiger charge is 2.05. The maximum absolute atomic E-state index is 11.6. The Morgan fingerprint density at radius 3 is 1.25 bits per heavy atom. The van der Waals surface area contributed by atoms with Crippen LogP contribution < -0.4 is 0 Å². The second-order valence-electron chi connectivity index (χ2n) is 6.74. The summed E-state index contributed by atoms with van der Waals surface area (Å²) in [5, 5.41) is 0. The maximum Gasteiger partial charge on any atom is 0.306 e. The highest BCUT2D eigenvalue weighted by Crippen LogP contribution is 2.22. The Bertz CT molecular complexity index is 389. The van der Waals surface area contributed by atoms with Gasteiger partial charge < -0.3 is 28.4 Å². The molecule has 190 valence electrons. The number of hydrogen-bond acceptors (Lipinski definition) is 10. The lowest BCUT2D eigenvalue weighted by Gasteiger charge is -2.07. The number of hydrogen-bond donors (Lipinski definition) is 0. The molecule has 0 atom stereocenters. The van der Waals surface area contributed by atoms with E-state index in [2.05, 4.69) is 13.8 Å². The van der Waals surface area contributed by atoms with E-state index in [1.54, 1.807) is 21.6 Å². The molecule has 0 heterocycles. The maximum atomic E-state index is 11.6. The molecule has 0 unspecified atom stereocenters. The molecule has 0 aromatic heterocycles. The minimum Gasteiger partial charge on any atom is -0.463 e. The van der Waals surface area contributed by atoms with Crippen molar-refractivity contribution in [2.45, 2.75) is 52.4 Å². The molecule has 0 bridgehead atoms. The van der Waals surface area contributed by atoms with Crippen molar-refractivity contribution >= 4 is 33.5 Å². The standard InChI is InChI=1S/C22H42O8S2/c1-3-5-9-25-11-13-27-15-17-29-21(23)7-19-31-32-20-8-22(24)30-18-16-28-14-12-26-10-6-4-2/h3-20H2,1-2H3. The summed E-state index contributed by atoms with van der Waals surface area (Å²) in [5.74, 6) is 0.796. The van der Waals surface area contributed by atoms with Crippen LogP contribution in [0.25, 0.3) is 0 Å². The van der Waals surface area contributed by atoms with E-state index in [-0.39, 0.29) is 25.2 Å². The SMILES string of the molecule is CCCCOCCOCCOC(=O)CCSSCCC(=O)OCCOCCOCCCC. The van der Waals surface area contributed by atoms with Crippen molar-refractivity contribution in [1.29, 1.82) is 0 Å². The van der Waals surface area contributed by atoms with Gasteiger partial charge in [0, 0.05) is 24.7 Å². The van der Waals surface area contributed by atoms with Gasteiger partial charge in [-0.1, -0.05) is 48.3 Å². The van der Waals surface area contributed by atoms with Gasteiger partial charge in [-0.2, -0.15) is 0 Å². The van der Waals surface area contributed by atoms with Crippen molar-refractivity contribution in [3.8, 4) is 0 Å². The van der Waals surface area contributed by atoms with Crippen molar-refractivity contribution in [2.24, 2.45) is 0 Å².